The number of nitrogens with zero attached hydrogens (tertiary/aromatic N) is 3. The van der Waals surface area contributed by atoms with Gasteiger partial charge in [0, 0.05) is 13.3 Å². The first-order valence-corrected chi connectivity index (χ1v) is 9.93. The number of hydrogen-bond donors (Lipinski definition) is 1. The summed E-state index contributed by atoms with van der Waals surface area (Å²) in [5.41, 5.74) is 0.583. The fourth-order valence-electron chi connectivity index (χ4n) is 3.63. The van der Waals surface area contributed by atoms with Gasteiger partial charge in [0.2, 0.25) is 11.8 Å². The molecule has 2 aromatic heterocycles. The van der Waals surface area contributed by atoms with Crippen molar-refractivity contribution in [1.82, 2.24) is 20.4 Å². The molecule has 4 rings (SSSR count). The average Bonchev–Trinajstić information content (AvgIpc) is 3.34. The van der Waals surface area contributed by atoms with Crippen LogP contribution in [0.2, 0.25) is 0 Å². The second-order valence-corrected chi connectivity index (χ2v) is 8.02. The first kappa shape index (κ1) is 17.1. The van der Waals surface area contributed by atoms with Crippen LogP contribution in [0.5, 0.6) is 0 Å². The minimum atomic E-state index is -0.454. The molecule has 1 saturated carbocycles. The number of carbonyl (C=O) groups is 1. The Hall–Kier alpha value is -2.28. The van der Waals surface area contributed by atoms with Crippen molar-refractivity contribution in [3.8, 4) is 0 Å². The van der Waals surface area contributed by atoms with Crippen molar-refractivity contribution in [3.63, 3.8) is 0 Å². The van der Waals surface area contributed by atoms with Gasteiger partial charge >= 0.3 is 0 Å². The third-order valence-electron chi connectivity index (χ3n) is 4.92. The van der Waals surface area contributed by atoms with Crippen molar-refractivity contribution in [3.05, 3.63) is 41.0 Å². The normalized spacial score (nSPS) is 16.2. The molecule has 0 spiro atoms. The molecule has 0 unspecified atom stereocenters. The summed E-state index contributed by atoms with van der Waals surface area (Å²) in [4.78, 5) is 21.5. The molecule has 1 amide bonds. The van der Waals surface area contributed by atoms with Crippen LogP contribution in [-0.4, -0.2) is 21.0 Å². The lowest BCUT2D eigenvalue weighted by Crippen LogP contribution is -2.44. The number of fused-ring (bicyclic) bond motifs is 1. The molecule has 0 bridgehead atoms. The number of nitrogens with one attached hydrogen (secondary N) is 1. The fourth-order valence-corrected chi connectivity index (χ4v) is 4.64. The monoisotopic (exact) mass is 370 g/mol. The van der Waals surface area contributed by atoms with Crippen LogP contribution < -0.4 is 5.32 Å². The Labute approximate surface area is 156 Å². The van der Waals surface area contributed by atoms with Crippen LogP contribution in [0, 0.1) is 6.92 Å². The zero-order chi connectivity index (χ0) is 18.0. The number of rotatable bonds is 6. The maximum absolute atomic E-state index is 12.5. The van der Waals surface area contributed by atoms with Gasteiger partial charge in [-0.25, -0.2) is 4.98 Å². The van der Waals surface area contributed by atoms with Crippen LogP contribution >= 0.6 is 11.3 Å². The topological polar surface area (TPSA) is 80.9 Å². The Morgan fingerprint density at radius 2 is 2.08 bits per heavy atom. The van der Waals surface area contributed by atoms with E-state index in [9.17, 15) is 4.79 Å². The summed E-state index contributed by atoms with van der Waals surface area (Å²) in [6, 6.07) is 8.14. The summed E-state index contributed by atoms with van der Waals surface area (Å²) < 4.78 is 6.33. The van der Waals surface area contributed by atoms with E-state index in [1.165, 1.54) is 4.70 Å². The van der Waals surface area contributed by atoms with Gasteiger partial charge in [0.1, 0.15) is 5.54 Å². The fraction of sp³-hybridized carbons (Fsp3) is 0.474. The second-order valence-electron chi connectivity index (χ2n) is 6.90. The van der Waals surface area contributed by atoms with Gasteiger partial charge in [-0.3, -0.25) is 4.79 Å². The van der Waals surface area contributed by atoms with E-state index in [0.717, 1.165) is 49.0 Å². The van der Waals surface area contributed by atoms with Crippen molar-refractivity contribution in [2.24, 2.45) is 0 Å². The Morgan fingerprint density at radius 3 is 2.81 bits per heavy atom. The molecule has 1 fully saturated rings. The number of amides is 1. The van der Waals surface area contributed by atoms with Crippen LogP contribution in [0.1, 0.15) is 55.2 Å². The quantitative estimate of drug-likeness (QED) is 0.712. The number of benzene rings is 1. The highest BCUT2D eigenvalue weighted by Gasteiger charge is 2.41. The standard InChI is InChI=1S/C19H22N4O2S/c1-13-20-18(23-25-13)19(11-4-5-12-19)22-16(24)9-6-10-17-21-14-7-2-3-8-15(14)26-17/h2-3,7-8H,4-6,9-12H2,1H3,(H,22,24). The lowest BCUT2D eigenvalue weighted by atomic mass is 9.96. The van der Waals surface area contributed by atoms with E-state index in [-0.39, 0.29) is 5.91 Å². The summed E-state index contributed by atoms with van der Waals surface area (Å²) >= 11 is 1.71. The van der Waals surface area contributed by atoms with Crippen LogP contribution in [0.3, 0.4) is 0 Å². The molecule has 0 aliphatic heterocycles. The maximum atomic E-state index is 12.5. The molecule has 1 N–H and O–H groups in total. The van der Waals surface area contributed by atoms with E-state index in [0.29, 0.717) is 18.1 Å². The SMILES string of the molecule is Cc1nc(C2(NC(=O)CCCc3nc4ccccc4s3)CCCC2)no1. The summed E-state index contributed by atoms with van der Waals surface area (Å²) in [5, 5.41) is 8.35. The molecule has 0 atom stereocenters. The molecule has 2 heterocycles. The summed E-state index contributed by atoms with van der Waals surface area (Å²) in [6.45, 7) is 1.78. The predicted octanol–water partition coefficient (Wildman–Crippen LogP) is 3.90. The maximum Gasteiger partial charge on any atom is 0.223 e. The number of thiazole rings is 1. The van der Waals surface area contributed by atoms with E-state index < -0.39 is 5.54 Å². The van der Waals surface area contributed by atoms with E-state index in [1.807, 2.05) is 18.2 Å². The van der Waals surface area contributed by atoms with Crippen LogP contribution in [0.4, 0.5) is 0 Å². The van der Waals surface area contributed by atoms with Crippen molar-refractivity contribution < 1.29 is 9.32 Å². The summed E-state index contributed by atoms with van der Waals surface area (Å²) in [6.07, 6.45) is 5.97. The Kier molecular flexibility index (Phi) is 4.72. The highest BCUT2D eigenvalue weighted by molar-refractivity contribution is 7.18. The van der Waals surface area contributed by atoms with E-state index in [2.05, 4.69) is 26.5 Å². The molecular formula is C19H22N4O2S. The van der Waals surface area contributed by atoms with Crippen LogP contribution in [0.25, 0.3) is 10.2 Å². The zero-order valence-electron chi connectivity index (χ0n) is 14.8. The molecule has 0 radical (unpaired) electrons. The van der Waals surface area contributed by atoms with Crippen molar-refractivity contribution >= 4 is 27.5 Å². The molecule has 3 aromatic rings. The lowest BCUT2D eigenvalue weighted by Gasteiger charge is -2.26. The van der Waals surface area contributed by atoms with Crippen LogP contribution in [-0.2, 0) is 16.8 Å². The van der Waals surface area contributed by atoms with Gasteiger partial charge in [-0.05, 0) is 37.8 Å². The smallest absolute Gasteiger partial charge is 0.223 e. The van der Waals surface area contributed by atoms with Gasteiger partial charge in [0.05, 0.1) is 15.2 Å². The van der Waals surface area contributed by atoms with Gasteiger partial charge in [0.25, 0.3) is 0 Å². The van der Waals surface area contributed by atoms with Gasteiger partial charge in [-0.1, -0.05) is 30.1 Å². The molecule has 7 heteroatoms. The van der Waals surface area contributed by atoms with Crippen molar-refractivity contribution in [2.45, 2.75) is 57.4 Å². The van der Waals surface area contributed by atoms with E-state index in [1.54, 1.807) is 18.3 Å². The molecule has 26 heavy (non-hydrogen) atoms. The summed E-state index contributed by atoms with van der Waals surface area (Å²) in [7, 11) is 0. The molecular weight excluding hydrogens is 348 g/mol. The third-order valence-corrected chi connectivity index (χ3v) is 6.02. The van der Waals surface area contributed by atoms with Crippen LogP contribution in [0.15, 0.2) is 28.8 Å². The highest BCUT2D eigenvalue weighted by atomic mass is 32.1. The predicted molar refractivity (Wildman–Crippen MR) is 99.9 cm³/mol. The Balaban J connectivity index is 1.35. The number of hydrogen-bond acceptors (Lipinski definition) is 6. The van der Waals surface area contributed by atoms with Gasteiger partial charge in [-0.2, -0.15) is 4.98 Å². The Morgan fingerprint density at radius 1 is 1.27 bits per heavy atom. The lowest BCUT2D eigenvalue weighted by molar-refractivity contribution is -0.123. The number of aromatic nitrogens is 3. The average molecular weight is 370 g/mol. The second kappa shape index (κ2) is 7.15. The highest BCUT2D eigenvalue weighted by Crippen LogP contribution is 2.37. The molecule has 1 aromatic carbocycles. The zero-order valence-corrected chi connectivity index (χ0v) is 15.6. The minimum absolute atomic E-state index is 0.0514. The molecule has 1 aliphatic carbocycles. The molecule has 136 valence electrons. The number of aryl methyl sites for hydroxylation is 2. The minimum Gasteiger partial charge on any atom is -0.343 e. The first-order chi connectivity index (χ1) is 12.6. The van der Waals surface area contributed by atoms with Crippen molar-refractivity contribution in [1.29, 1.82) is 0 Å². The van der Waals surface area contributed by atoms with Gasteiger partial charge in [-0.15, -0.1) is 11.3 Å². The van der Waals surface area contributed by atoms with Crippen molar-refractivity contribution in [2.75, 3.05) is 0 Å². The number of carbonyl (C=O) groups excluding carboxylic acids is 1. The van der Waals surface area contributed by atoms with Gasteiger partial charge < -0.3 is 9.84 Å². The van der Waals surface area contributed by atoms with Gasteiger partial charge in [0.15, 0.2) is 5.82 Å². The Bertz CT molecular complexity index is 878. The third kappa shape index (κ3) is 3.49. The summed E-state index contributed by atoms with van der Waals surface area (Å²) in [5.74, 6) is 1.21. The first-order valence-electron chi connectivity index (χ1n) is 9.11. The van der Waals surface area contributed by atoms with E-state index >= 15 is 0 Å². The molecule has 6 nitrogen and oxygen atoms in total. The number of para-hydroxylation sites is 1. The largest absolute Gasteiger partial charge is 0.343 e. The molecule has 0 saturated heterocycles. The van der Waals surface area contributed by atoms with E-state index in [4.69, 9.17) is 4.52 Å². The molecule has 1 aliphatic rings.